The largest absolute Gasteiger partial charge is 0.381 e. The Morgan fingerprint density at radius 2 is 1.87 bits per heavy atom. The molecule has 1 aliphatic rings. The second-order valence-electron chi connectivity index (χ2n) is 6.51. The number of rotatable bonds is 8. The number of hydrogen-bond donors (Lipinski definition) is 3. The summed E-state index contributed by atoms with van der Waals surface area (Å²) < 4.78 is 5.51. The fourth-order valence-corrected chi connectivity index (χ4v) is 3.31. The third kappa shape index (κ3) is 4.81. The van der Waals surface area contributed by atoms with E-state index >= 15 is 0 Å². The highest BCUT2D eigenvalue weighted by Crippen LogP contribution is 2.48. The Morgan fingerprint density at radius 3 is 2.30 bits per heavy atom. The Morgan fingerprint density at radius 1 is 1.30 bits per heavy atom. The van der Waals surface area contributed by atoms with Gasteiger partial charge in [0.05, 0.1) is 18.7 Å². The lowest BCUT2D eigenvalue weighted by Crippen LogP contribution is -2.65. The first kappa shape index (κ1) is 22.1. The number of methoxy groups -OCH3 is 1. The van der Waals surface area contributed by atoms with Gasteiger partial charge in [-0.1, -0.05) is 27.7 Å². The molecule has 6 nitrogen and oxygen atoms in total. The Bertz CT molecular complexity index is 400. The molecule has 1 aliphatic carbocycles. The minimum Gasteiger partial charge on any atom is -0.381 e. The standard InChI is InChI=1S/C16H31N3O3.ClH/c1-6-16(7-2)11(8-12(16)22-5)19-13(20)9-18-15(21)14(17)10(3)4;/h10-12,14H,6-9,17H2,1-5H3,(H,18,21)(H,19,20);1H/t11?,12?,14-;/m0./s1. The molecule has 2 unspecified atom stereocenters. The third-order valence-electron chi connectivity index (χ3n) is 5.17. The molecule has 1 fully saturated rings. The summed E-state index contributed by atoms with van der Waals surface area (Å²) >= 11 is 0. The van der Waals surface area contributed by atoms with Crippen molar-refractivity contribution in [1.82, 2.24) is 10.6 Å². The van der Waals surface area contributed by atoms with Gasteiger partial charge in [-0.15, -0.1) is 12.4 Å². The number of nitrogens with one attached hydrogen (secondary N) is 2. The molecule has 0 radical (unpaired) electrons. The first-order valence-electron chi connectivity index (χ1n) is 8.17. The number of amides is 2. The maximum atomic E-state index is 12.1. The van der Waals surface area contributed by atoms with Crippen LogP contribution in [0.1, 0.15) is 47.0 Å². The van der Waals surface area contributed by atoms with Gasteiger partial charge in [-0.05, 0) is 25.2 Å². The van der Waals surface area contributed by atoms with Crippen LogP contribution in [-0.4, -0.2) is 43.7 Å². The molecule has 0 heterocycles. The van der Waals surface area contributed by atoms with Gasteiger partial charge >= 0.3 is 0 Å². The zero-order valence-corrected chi connectivity index (χ0v) is 15.7. The summed E-state index contributed by atoms with van der Waals surface area (Å²) in [6.07, 6.45) is 2.93. The number of ether oxygens (including phenoxy) is 1. The average molecular weight is 350 g/mol. The van der Waals surface area contributed by atoms with Crippen LogP contribution in [0.15, 0.2) is 0 Å². The summed E-state index contributed by atoms with van der Waals surface area (Å²) in [6.45, 7) is 7.96. The van der Waals surface area contributed by atoms with E-state index < -0.39 is 6.04 Å². The van der Waals surface area contributed by atoms with E-state index in [9.17, 15) is 9.59 Å². The lowest BCUT2D eigenvalue weighted by Gasteiger charge is -2.55. The summed E-state index contributed by atoms with van der Waals surface area (Å²) in [5.41, 5.74) is 5.75. The van der Waals surface area contributed by atoms with Crippen molar-refractivity contribution in [3.63, 3.8) is 0 Å². The van der Waals surface area contributed by atoms with Crippen molar-refractivity contribution in [3.05, 3.63) is 0 Å². The minimum atomic E-state index is -0.584. The quantitative estimate of drug-likeness (QED) is 0.614. The van der Waals surface area contributed by atoms with Crippen molar-refractivity contribution in [2.45, 2.75) is 65.1 Å². The van der Waals surface area contributed by atoms with Crippen LogP contribution in [0, 0.1) is 11.3 Å². The van der Waals surface area contributed by atoms with Crippen LogP contribution < -0.4 is 16.4 Å². The van der Waals surface area contributed by atoms with Crippen LogP contribution in [0.5, 0.6) is 0 Å². The van der Waals surface area contributed by atoms with Gasteiger partial charge in [-0.25, -0.2) is 0 Å². The molecule has 2 amide bonds. The van der Waals surface area contributed by atoms with Crippen molar-refractivity contribution in [1.29, 1.82) is 0 Å². The maximum absolute atomic E-state index is 12.1. The maximum Gasteiger partial charge on any atom is 0.239 e. The first-order valence-corrected chi connectivity index (χ1v) is 8.17. The summed E-state index contributed by atoms with van der Waals surface area (Å²) in [4.78, 5) is 23.8. The Balaban J connectivity index is 0.00000484. The van der Waals surface area contributed by atoms with Crippen molar-refractivity contribution < 1.29 is 14.3 Å². The van der Waals surface area contributed by atoms with E-state index in [4.69, 9.17) is 10.5 Å². The van der Waals surface area contributed by atoms with E-state index in [1.165, 1.54) is 0 Å². The molecule has 0 saturated heterocycles. The molecule has 136 valence electrons. The first-order chi connectivity index (χ1) is 10.3. The molecule has 7 heteroatoms. The van der Waals surface area contributed by atoms with E-state index in [1.54, 1.807) is 7.11 Å². The molecule has 0 aromatic carbocycles. The number of carbonyl (C=O) groups excluding carboxylic acids is 2. The number of hydrogen-bond acceptors (Lipinski definition) is 4. The zero-order chi connectivity index (χ0) is 16.9. The van der Waals surface area contributed by atoms with Crippen LogP contribution >= 0.6 is 12.4 Å². The smallest absolute Gasteiger partial charge is 0.239 e. The molecule has 4 N–H and O–H groups in total. The normalized spacial score (nSPS) is 23.4. The van der Waals surface area contributed by atoms with E-state index in [1.807, 2.05) is 13.8 Å². The summed E-state index contributed by atoms with van der Waals surface area (Å²) in [5, 5.41) is 5.62. The highest BCUT2D eigenvalue weighted by atomic mass is 35.5. The van der Waals surface area contributed by atoms with Gasteiger partial charge in [0, 0.05) is 18.6 Å². The van der Waals surface area contributed by atoms with Crippen molar-refractivity contribution in [3.8, 4) is 0 Å². The van der Waals surface area contributed by atoms with Gasteiger partial charge < -0.3 is 21.1 Å². The highest BCUT2D eigenvalue weighted by Gasteiger charge is 2.53. The second-order valence-corrected chi connectivity index (χ2v) is 6.51. The van der Waals surface area contributed by atoms with Crippen LogP contribution in [0.3, 0.4) is 0 Å². The summed E-state index contributed by atoms with van der Waals surface area (Å²) in [5.74, 6) is -0.411. The van der Waals surface area contributed by atoms with E-state index in [0.29, 0.717) is 0 Å². The molecule has 0 bridgehead atoms. The predicted molar refractivity (Wildman–Crippen MR) is 93.4 cm³/mol. The second kappa shape index (κ2) is 9.45. The third-order valence-corrected chi connectivity index (χ3v) is 5.17. The van der Waals surface area contributed by atoms with Gasteiger partial charge in [0.15, 0.2) is 0 Å². The fraction of sp³-hybridized carbons (Fsp3) is 0.875. The number of halogens is 1. The van der Waals surface area contributed by atoms with Crippen LogP contribution in [0.2, 0.25) is 0 Å². The van der Waals surface area contributed by atoms with Gasteiger partial charge in [0.1, 0.15) is 0 Å². The molecule has 0 spiro atoms. The molecule has 3 atom stereocenters. The number of nitrogens with two attached hydrogens (primary N) is 1. The minimum absolute atomic E-state index is 0. The average Bonchev–Trinajstić information content (AvgIpc) is 2.49. The van der Waals surface area contributed by atoms with Crippen LogP contribution in [0.25, 0.3) is 0 Å². The summed E-state index contributed by atoms with van der Waals surface area (Å²) in [7, 11) is 1.72. The SMILES string of the molecule is CCC1(CC)C(NC(=O)CNC(=O)[C@@H](N)C(C)C)CC1OC.Cl. The van der Waals surface area contributed by atoms with Gasteiger partial charge in [-0.3, -0.25) is 9.59 Å². The Kier molecular flexibility index (Phi) is 9.10. The Hall–Kier alpha value is -0.850. The topological polar surface area (TPSA) is 93.5 Å². The fourth-order valence-electron chi connectivity index (χ4n) is 3.31. The zero-order valence-electron chi connectivity index (χ0n) is 14.8. The lowest BCUT2D eigenvalue weighted by atomic mass is 9.58. The van der Waals surface area contributed by atoms with E-state index in [0.717, 1.165) is 19.3 Å². The lowest BCUT2D eigenvalue weighted by molar-refractivity contribution is -0.141. The molecular weight excluding hydrogens is 318 g/mol. The van der Waals surface area contributed by atoms with Crippen LogP contribution in [0.4, 0.5) is 0 Å². The summed E-state index contributed by atoms with van der Waals surface area (Å²) in [6, 6.07) is -0.477. The number of carbonyl (C=O) groups is 2. The molecule has 23 heavy (non-hydrogen) atoms. The predicted octanol–water partition coefficient (Wildman–Crippen LogP) is 1.22. The van der Waals surface area contributed by atoms with Gasteiger partial charge in [-0.2, -0.15) is 0 Å². The highest BCUT2D eigenvalue weighted by molar-refractivity contribution is 5.87. The monoisotopic (exact) mass is 349 g/mol. The van der Waals surface area contributed by atoms with E-state index in [2.05, 4.69) is 24.5 Å². The molecule has 0 aliphatic heterocycles. The molecule has 0 aromatic heterocycles. The van der Waals surface area contributed by atoms with Crippen LogP contribution in [-0.2, 0) is 14.3 Å². The van der Waals surface area contributed by atoms with Gasteiger partial charge in [0.25, 0.3) is 0 Å². The molecule has 1 saturated carbocycles. The molecule has 1 rings (SSSR count). The van der Waals surface area contributed by atoms with Gasteiger partial charge in [0.2, 0.25) is 11.8 Å². The van der Waals surface area contributed by atoms with Crippen molar-refractivity contribution >= 4 is 24.2 Å². The Labute approximate surface area is 145 Å². The van der Waals surface area contributed by atoms with E-state index in [-0.39, 0.29) is 54.2 Å². The van der Waals surface area contributed by atoms with Crippen molar-refractivity contribution in [2.24, 2.45) is 17.1 Å². The van der Waals surface area contributed by atoms with Crippen molar-refractivity contribution in [2.75, 3.05) is 13.7 Å². The molecular formula is C16H32ClN3O3. The molecule has 0 aromatic rings.